The maximum absolute atomic E-state index is 10.6. The molecule has 0 radical (unpaired) electrons. The Hall–Kier alpha value is -0.340. The molecular weight excluding hydrogens is 212 g/mol. The quantitative estimate of drug-likeness (QED) is 0.690. The van der Waals surface area contributed by atoms with Crippen LogP contribution in [0.2, 0.25) is 0 Å². The van der Waals surface area contributed by atoms with Gasteiger partial charge in [-0.25, -0.2) is 0 Å². The maximum atomic E-state index is 10.6. The number of aliphatic hydroxyl groups excluding tert-OH is 1. The second kappa shape index (κ2) is 4.40. The van der Waals surface area contributed by atoms with Crippen molar-refractivity contribution in [3.63, 3.8) is 0 Å². The van der Waals surface area contributed by atoms with Crippen molar-refractivity contribution in [1.29, 1.82) is 0 Å². The van der Waals surface area contributed by atoms with Crippen LogP contribution in [0.25, 0.3) is 0 Å². The van der Waals surface area contributed by atoms with Gasteiger partial charge in [-0.2, -0.15) is 0 Å². The number of aliphatic hydroxyl groups is 2. The molecule has 0 aromatic heterocycles. The van der Waals surface area contributed by atoms with Crippen LogP contribution in [0.15, 0.2) is 11.6 Å². The first-order valence-corrected chi connectivity index (χ1v) is 6.95. The zero-order valence-electron chi connectivity index (χ0n) is 11.5. The molecule has 1 saturated carbocycles. The Balaban J connectivity index is 2.36. The number of rotatable bonds is 1. The van der Waals surface area contributed by atoms with E-state index in [2.05, 4.69) is 26.8 Å². The van der Waals surface area contributed by atoms with Crippen LogP contribution in [0.5, 0.6) is 0 Å². The van der Waals surface area contributed by atoms with Gasteiger partial charge < -0.3 is 10.2 Å². The molecule has 0 spiro atoms. The van der Waals surface area contributed by atoms with E-state index >= 15 is 0 Å². The number of hydrogen-bond acceptors (Lipinski definition) is 2. The molecule has 17 heavy (non-hydrogen) atoms. The fourth-order valence-electron chi connectivity index (χ4n) is 3.61. The van der Waals surface area contributed by atoms with E-state index in [0.717, 1.165) is 6.42 Å². The number of fused-ring (bicyclic) bond motifs is 1. The van der Waals surface area contributed by atoms with Crippen molar-refractivity contribution in [2.45, 2.75) is 58.7 Å². The Morgan fingerprint density at radius 3 is 2.59 bits per heavy atom. The lowest BCUT2D eigenvalue weighted by molar-refractivity contribution is -0.104. The average Bonchev–Trinajstić information content (AvgIpc) is 2.54. The van der Waals surface area contributed by atoms with E-state index in [1.165, 1.54) is 12.0 Å². The highest BCUT2D eigenvalue weighted by atomic mass is 16.3. The smallest absolute Gasteiger partial charge is 0.0914 e. The molecular formula is C15H26O2. The molecule has 0 bridgehead atoms. The lowest BCUT2D eigenvalue weighted by Crippen LogP contribution is -2.46. The van der Waals surface area contributed by atoms with E-state index in [4.69, 9.17) is 0 Å². The lowest BCUT2D eigenvalue weighted by atomic mass is 9.77. The molecule has 5 atom stereocenters. The summed E-state index contributed by atoms with van der Waals surface area (Å²) in [7, 11) is 0. The van der Waals surface area contributed by atoms with Crippen molar-refractivity contribution >= 4 is 0 Å². The second-order valence-corrected chi connectivity index (χ2v) is 6.58. The number of hydrogen-bond donors (Lipinski definition) is 2. The molecule has 1 fully saturated rings. The van der Waals surface area contributed by atoms with E-state index in [0.29, 0.717) is 24.2 Å². The van der Waals surface area contributed by atoms with E-state index in [1.54, 1.807) is 0 Å². The molecule has 0 heterocycles. The summed E-state index contributed by atoms with van der Waals surface area (Å²) in [5.41, 5.74) is 0.391. The fraction of sp³-hybridized carbons (Fsp3) is 0.867. The minimum absolute atomic E-state index is 0.226. The third kappa shape index (κ3) is 2.17. The van der Waals surface area contributed by atoms with E-state index in [1.807, 2.05) is 6.92 Å². The summed E-state index contributed by atoms with van der Waals surface area (Å²) in [6.07, 6.45) is 4.58. The van der Waals surface area contributed by atoms with Crippen LogP contribution in [-0.2, 0) is 0 Å². The lowest BCUT2D eigenvalue weighted by Gasteiger charge is -2.36. The molecule has 2 heteroatoms. The van der Waals surface area contributed by atoms with Crippen molar-refractivity contribution < 1.29 is 10.2 Å². The Bertz CT molecular complexity index is 317. The molecule has 2 aliphatic carbocycles. The molecule has 0 aromatic carbocycles. The van der Waals surface area contributed by atoms with Crippen LogP contribution in [0.1, 0.15) is 47.0 Å². The molecule has 2 rings (SSSR count). The third-order valence-corrected chi connectivity index (χ3v) is 5.06. The van der Waals surface area contributed by atoms with Crippen LogP contribution in [0, 0.1) is 23.7 Å². The molecule has 2 aliphatic rings. The molecule has 98 valence electrons. The molecule has 2 N–H and O–H groups in total. The standard InChI is InChI=1S/C15H26O2/c1-9(2)11-7-12-10(3)5-6-13(12)15(4,17)14(16)8-11/h7,9-10,12-14,16-17H,5-6,8H2,1-4H3/t10-,12-,13-,14-,15?/m1/s1. The van der Waals surface area contributed by atoms with Gasteiger partial charge in [-0.1, -0.05) is 32.4 Å². The van der Waals surface area contributed by atoms with Gasteiger partial charge >= 0.3 is 0 Å². The fourth-order valence-corrected chi connectivity index (χ4v) is 3.61. The summed E-state index contributed by atoms with van der Waals surface area (Å²) >= 11 is 0. The maximum Gasteiger partial charge on any atom is 0.0914 e. The number of allylic oxidation sites excluding steroid dienone is 1. The van der Waals surface area contributed by atoms with Gasteiger partial charge in [0.25, 0.3) is 0 Å². The van der Waals surface area contributed by atoms with Gasteiger partial charge in [-0.15, -0.1) is 0 Å². The highest BCUT2D eigenvalue weighted by Crippen LogP contribution is 2.48. The monoisotopic (exact) mass is 238 g/mol. The van der Waals surface area contributed by atoms with Gasteiger partial charge in [-0.05, 0) is 49.9 Å². The predicted octanol–water partition coefficient (Wildman–Crippen LogP) is 2.75. The van der Waals surface area contributed by atoms with Crippen LogP contribution < -0.4 is 0 Å². The molecule has 1 unspecified atom stereocenters. The third-order valence-electron chi connectivity index (χ3n) is 5.06. The first-order valence-electron chi connectivity index (χ1n) is 6.95. The normalized spacial score (nSPS) is 46.6. The van der Waals surface area contributed by atoms with Gasteiger partial charge in [-0.3, -0.25) is 0 Å². The van der Waals surface area contributed by atoms with Crippen molar-refractivity contribution in [3.8, 4) is 0 Å². The molecule has 0 amide bonds. The zero-order valence-corrected chi connectivity index (χ0v) is 11.5. The molecule has 2 nitrogen and oxygen atoms in total. The molecule has 0 aliphatic heterocycles. The summed E-state index contributed by atoms with van der Waals surface area (Å²) in [6, 6.07) is 0. The Kier molecular flexibility index (Phi) is 3.39. The largest absolute Gasteiger partial charge is 0.390 e. The van der Waals surface area contributed by atoms with Gasteiger partial charge in [0.15, 0.2) is 0 Å². The second-order valence-electron chi connectivity index (χ2n) is 6.58. The summed E-state index contributed by atoms with van der Waals surface area (Å²) < 4.78 is 0. The van der Waals surface area contributed by atoms with Crippen molar-refractivity contribution in [2.75, 3.05) is 0 Å². The van der Waals surface area contributed by atoms with Crippen molar-refractivity contribution in [2.24, 2.45) is 23.7 Å². The van der Waals surface area contributed by atoms with Crippen molar-refractivity contribution in [1.82, 2.24) is 0 Å². The van der Waals surface area contributed by atoms with E-state index in [-0.39, 0.29) is 5.92 Å². The zero-order chi connectivity index (χ0) is 12.8. The first kappa shape index (κ1) is 13.1. The SMILES string of the molecule is CC(C)C1=C[C@@H]2[C@H](C)CC[C@H]2C(C)(O)[C@H](O)C1. The minimum atomic E-state index is -0.928. The van der Waals surface area contributed by atoms with Gasteiger partial charge in [0, 0.05) is 0 Å². The van der Waals surface area contributed by atoms with Crippen LogP contribution in [0.4, 0.5) is 0 Å². The van der Waals surface area contributed by atoms with Crippen LogP contribution >= 0.6 is 0 Å². The van der Waals surface area contributed by atoms with E-state index < -0.39 is 11.7 Å². The summed E-state index contributed by atoms with van der Waals surface area (Å²) in [6.45, 7) is 8.44. The Morgan fingerprint density at radius 1 is 1.35 bits per heavy atom. The highest BCUT2D eigenvalue weighted by molar-refractivity contribution is 5.18. The average molecular weight is 238 g/mol. The minimum Gasteiger partial charge on any atom is -0.390 e. The Labute approximate surface area is 105 Å². The summed E-state index contributed by atoms with van der Waals surface area (Å²) in [4.78, 5) is 0. The van der Waals surface area contributed by atoms with Crippen LogP contribution in [0.3, 0.4) is 0 Å². The predicted molar refractivity (Wildman–Crippen MR) is 69.5 cm³/mol. The topological polar surface area (TPSA) is 40.5 Å². The highest BCUT2D eigenvalue weighted by Gasteiger charge is 2.48. The summed E-state index contributed by atoms with van der Waals surface area (Å²) in [5.74, 6) is 1.76. The van der Waals surface area contributed by atoms with Gasteiger partial charge in [0.2, 0.25) is 0 Å². The first-order chi connectivity index (χ1) is 7.84. The van der Waals surface area contributed by atoms with Gasteiger partial charge in [0.1, 0.15) is 0 Å². The summed E-state index contributed by atoms with van der Waals surface area (Å²) in [5, 5.41) is 20.9. The molecule has 0 saturated heterocycles. The Morgan fingerprint density at radius 2 is 2.00 bits per heavy atom. The van der Waals surface area contributed by atoms with Crippen molar-refractivity contribution in [3.05, 3.63) is 11.6 Å². The van der Waals surface area contributed by atoms with Crippen LogP contribution in [-0.4, -0.2) is 21.9 Å². The van der Waals surface area contributed by atoms with Gasteiger partial charge in [0.05, 0.1) is 11.7 Å². The van der Waals surface area contributed by atoms with E-state index in [9.17, 15) is 10.2 Å². The molecule has 0 aromatic rings.